The van der Waals surface area contributed by atoms with E-state index < -0.39 is 5.97 Å². The average Bonchev–Trinajstić information content (AvgIpc) is 3.25. The van der Waals surface area contributed by atoms with E-state index in [1.807, 2.05) is 24.3 Å². The molecule has 3 aromatic rings. The van der Waals surface area contributed by atoms with Crippen molar-refractivity contribution in [1.29, 1.82) is 0 Å². The molecule has 0 radical (unpaired) electrons. The van der Waals surface area contributed by atoms with Gasteiger partial charge in [0.2, 0.25) is 0 Å². The smallest absolute Gasteiger partial charge is 0.338 e. The van der Waals surface area contributed by atoms with E-state index in [-0.39, 0.29) is 6.61 Å². The lowest BCUT2D eigenvalue weighted by atomic mass is 10.1. The molecule has 3 rings (SSSR count). The van der Waals surface area contributed by atoms with Crippen LogP contribution in [-0.2, 0) is 11.3 Å². The molecule has 7 heteroatoms. The van der Waals surface area contributed by atoms with Crippen molar-refractivity contribution in [3.05, 3.63) is 59.9 Å². The van der Waals surface area contributed by atoms with Gasteiger partial charge in [0.05, 0.1) is 26.4 Å². The maximum atomic E-state index is 12.4. The number of ether oxygens (including phenoxy) is 4. The number of rotatable bonds is 9. The Hall–Kier alpha value is -3.48. The van der Waals surface area contributed by atoms with Crippen LogP contribution in [0.3, 0.4) is 0 Å². The molecule has 0 aliphatic rings. The second-order valence-electron chi connectivity index (χ2n) is 7.05. The number of esters is 1. The minimum atomic E-state index is -0.494. The number of aromatic nitrogens is 1. The van der Waals surface area contributed by atoms with Crippen LogP contribution in [0.15, 0.2) is 53.1 Å². The second kappa shape index (κ2) is 9.82. The highest BCUT2D eigenvalue weighted by Gasteiger charge is 2.15. The maximum absolute atomic E-state index is 12.4. The van der Waals surface area contributed by atoms with Gasteiger partial charge in [-0.15, -0.1) is 0 Å². The largest absolute Gasteiger partial charge is 0.497 e. The van der Waals surface area contributed by atoms with E-state index in [1.54, 1.807) is 31.4 Å². The molecule has 0 aliphatic carbocycles. The zero-order valence-electron chi connectivity index (χ0n) is 17.5. The Labute approximate surface area is 175 Å². The van der Waals surface area contributed by atoms with Crippen molar-refractivity contribution in [2.24, 2.45) is 5.92 Å². The molecule has 0 N–H and O–H groups in total. The highest BCUT2D eigenvalue weighted by Crippen LogP contribution is 2.29. The lowest BCUT2D eigenvalue weighted by Gasteiger charge is -2.13. The van der Waals surface area contributed by atoms with Gasteiger partial charge in [0.1, 0.15) is 11.4 Å². The standard InChI is InChI=1S/C23H25NO6/c1-15(2)13-28-21-10-7-17(11-22(21)27-4)23(25)29-14-19-12-20(24-30-19)16-5-8-18(26-3)9-6-16/h5-12,15H,13-14H2,1-4H3. The Bertz CT molecular complexity index is 978. The van der Waals surface area contributed by atoms with Crippen LogP contribution in [0, 0.1) is 5.92 Å². The van der Waals surface area contributed by atoms with Crippen LogP contribution in [0.25, 0.3) is 11.3 Å². The van der Waals surface area contributed by atoms with Crippen molar-refractivity contribution in [3.63, 3.8) is 0 Å². The first-order chi connectivity index (χ1) is 14.5. The van der Waals surface area contributed by atoms with E-state index in [0.29, 0.717) is 41.0 Å². The van der Waals surface area contributed by atoms with E-state index in [4.69, 9.17) is 23.5 Å². The Morgan fingerprint density at radius 3 is 2.43 bits per heavy atom. The zero-order valence-corrected chi connectivity index (χ0v) is 17.5. The minimum Gasteiger partial charge on any atom is -0.497 e. The molecule has 0 fully saturated rings. The highest BCUT2D eigenvalue weighted by atomic mass is 16.6. The Morgan fingerprint density at radius 2 is 1.77 bits per heavy atom. The van der Waals surface area contributed by atoms with E-state index in [2.05, 4.69) is 19.0 Å². The van der Waals surface area contributed by atoms with Gasteiger partial charge in [0, 0.05) is 11.6 Å². The van der Waals surface area contributed by atoms with E-state index >= 15 is 0 Å². The summed E-state index contributed by atoms with van der Waals surface area (Å²) >= 11 is 0. The van der Waals surface area contributed by atoms with Gasteiger partial charge in [-0.3, -0.25) is 0 Å². The lowest BCUT2D eigenvalue weighted by Crippen LogP contribution is -2.08. The first kappa shape index (κ1) is 21.2. The number of nitrogens with zero attached hydrogens (tertiary/aromatic N) is 1. The number of hydrogen-bond donors (Lipinski definition) is 0. The fourth-order valence-electron chi connectivity index (χ4n) is 2.67. The molecule has 1 aromatic heterocycles. The number of carbonyl (C=O) groups is 1. The van der Waals surface area contributed by atoms with Crippen LogP contribution < -0.4 is 14.2 Å². The molecule has 1 heterocycles. The Balaban J connectivity index is 1.62. The lowest BCUT2D eigenvalue weighted by molar-refractivity contribution is 0.0437. The molecule has 0 saturated carbocycles. The van der Waals surface area contributed by atoms with Crippen LogP contribution in [0.1, 0.15) is 30.0 Å². The molecule has 0 aliphatic heterocycles. The van der Waals surface area contributed by atoms with E-state index in [9.17, 15) is 4.79 Å². The zero-order chi connectivity index (χ0) is 21.5. The quantitative estimate of drug-likeness (QED) is 0.470. The van der Waals surface area contributed by atoms with Gasteiger partial charge in [-0.1, -0.05) is 19.0 Å². The predicted octanol–water partition coefficient (Wildman–Crippen LogP) is 4.75. The van der Waals surface area contributed by atoms with Crippen LogP contribution in [0.5, 0.6) is 17.2 Å². The second-order valence-corrected chi connectivity index (χ2v) is 7.05. The summed E-state index contributed by atoms with van der Waals surface area (Å²) in [5, 5.41) is 4.02. The summed E-state index contributed by atoms with van der Waals surface area (Å²) in [6.45, 7) is 4.64. The maximum Gasteiger partial charge on any atom is 0.338 e. The van der Waals surface area contributed by atoms with Crippen molar-refractivity contribution < 1.29 is 28.3 Å². The molecule has 0 spiro atoms. The normalized spacial score (nSPS) is 10.7. The van der Waals surface area contributed by atoms with Gasteiger partial charge >= 0.3 is 5.97 Å². The summed E-state index contributed by atoms with van der Waals surface area (Å²) in [6.07, 6.45) is 0. The monoisotopic (exact) mass is 411 g/mol. The average molecular weight is 411 g/mol. The van der Waals surface area contributed by atoms with Crippen molar-refractivity contribution in [2.75, 3.05) is 20.8 Å². The van der Waals surface area contributed by atoms with Gasteiger partial charge in [-0.2, -0.15) is 0 Å². The van der Waals surface area contributed by atoms with Crippen LogP contribution >= 0.6 is 0 Å². The predicted molar refractivity (Wildman–Crippen MR) is 111 cm³/mol. The third-order valence-corrected chi connectivity index (χ3v) is 4.26. The molecular weight excluding hydrogens is 386 g/mol. The molecule has 0 saturated heterocycles. The molecule has 158 valence electrons. The van der Waals surface area contributed by atoms with Crippen LogP contribution in [0.4, 0.5) is 0 Å². The number of carbonyl (C=O) groups excluding carboxylic acids is 1. The summed E-state index contributed by atoms with van der Waals surface area (Å²) in [7, 11) is 3.14. The Morgan fingerprint density at radius 1 is 1.00 bits per heavy atom. The molecule has 30 heavy (non-hydrogen) atoms. The van der Waals surface area contributed by atoms with Gasteiger partial charge in [-0.25, -0.2) is 4.79 Å². The van der Waals surface area contributed by atoms with Crippen molar-refractivity contribution >= 4 is 5.97 Å². The summed E-state index contributed by atoms with van der Waals surface area (Å²) in [5.41, 5.74) is 1.88. The van der Waals surface area contributed by atoms with E-state index in [0.717, 1.165) is 11.3 Å². The van der Waals surface area contributed by atoms with Gasteiger partial charge < -0.3 is 23.5 Å². The van der Waals surface area contributed by atoms with Crippen molar-refractivity contribution in [3.8, 4) is 28.5 Å². The summed E-state index contributed by atoms with van der Waals surface area (Å²) in [4.78, 5) is 12.4. The van der Waals surface area contributed by atoms with Crippen molar-refractivity contribution in [2.45, 2.75) is 20.5 Å². The molecule has 0 unspecified atom stereocenters. The molecule has 0 amide bonds. The van der Waals surface area contributed by atoms with Crippen molar-refractivity contribution in [1.82, 2.24) is 5.16 Å². The fourth-order valence-corrected chi connectivity index (χ4v) is 2.67. The SMILES string of the molecule is COc1ccc(-c2cc(COC(=O)c3ccc(OCC(C)C)c(OC)c3)on2)cc1. The highest BCUT2D eigenvalue weighted by molar-refractivity contribution is 5.90. The minimum absolute atomic E-state index is 0.0318. The molecule has 7 nitrogen and oxygen atoms in total. The van der Waals surface area contributed by atoms with Crippen LogP contribution in [-0.4, -0.2) is 32.0 Å². The van der Waals surface area contributed by atoms with Gasteiger partial charge in [0.25, 0.3) is 0 Å². The van der Waals surface area contributed by atoms with Crippen LogP contribution in [0.2, 0.25) is 0 Å². The molecule has 0 bridgehead atoms. The topological polar surface area (TPSA) is 80.0 Å². The molecule has 2 aromatic carbocycles. The molecular formula is C23H25NO6. The van der Waals surface area contributed by atoms with Gasteiger partial charge in [-0.05, 0) is 48.4 Å². The summed E-state index contributed by atoms with van der Waals surface area (Å²) < 4.78 is 26.8. The summed E-state index contributed by atoms with van der Waals surface area (Å²) in [6, 6.07) is 14.1. The first-order valence-corrected chi connectivity index (χ1v) is 9.58. The summed E-state index contributed by atoms with van der Waals surface area (Å²) in [5.74, 6) is 2.15. The third-order valence-electron chi connectivity index (χ3n) is 4.26. The van der Waals surface area contributed by atoms with Gasteiger partial charge in [0.15, 0.2) is 23.9 Å². The molecule has 0 atom stereocenters. The fraction of sp³-hybridized carbons (Fsp3) is 0.304. The first-order valence-electron chi connectivity index (χ1n) is 9.58. The van der Waals surface area contributed by atoms with E-state index in [1.165, 1.54) is 7.11 Å². The number of methoxy groups -OCH3 is 2. The number of hydrogen-bond acceptors (Lipinski definition) is 7. The Kier molecular flexibility index (Phi) is 6.95. The third kappa shape index (κ3) is 5.31. The number of benzene rings is 2.